The van der Waals surface area contributed by atoms with E-state index in [-0.39, 0.29) is 42.7 Å². The molecule has 3 aliphatic rings. The van der Waals surface area contributed by atoms with Crippen molar-refractivity contribution >= 4 is 6.09 Å². The van der Waals surface area contributed by atoms with Crippen LogP contribution < -0.4 is 0 Å². The summed E-state index contributed by atoms with van der Waals surface area (Å²) in [5.74, 6) is -0.00838. The lowest BCUT2D eigenvalue weighted by atomic mass is 9.83. The van der Waals surface area contributed by atoms with Crippen LogP contribution >= 0.6 is 0 Å². The van der Waals surface area contributed by atoms with Crippen molar-refractivity contribution < 1.29 is 22.7 Å². The van der Waals surface area contributed by atoms with Crippen LogP contribution in [0.3, 0.4) is 0 Å². The molecule has 1 fully saturated rings. The largest absolute Gasteiger partial charge is 0.448 e. The van der Waals surface area contributed by atoms with Crippen molar-refractivity contribution in [2.75, 3.05) is 6.61 Å². The van der Waals surface area contributed by atoms with Crippen molar-refractivity contribution in [1.82, 2.24) is 4.90 Å². The molecule has 2 aliphatic heterocycles. The quantitative estimate of drug-likeness (QED) is 0.341. The maximum Gasteiger partial charge on any atom is 0.416 e. The Kier molecular flexibility index (Phi) is 6.06. The number of piperidine rings is 1. The number of amides is 1. The average Bonchev–Trinajstić information content (AvgIpc) is 3.20. The van der Waals surface area contributed by atoms with E-state index in [9.17, 15) is 18.0 Å². The molecule has 37 heavy (non-hydrogen) atoms. The molecule has 190 valence electrons. The molecular formula is C31H28F3NO2. The lowest BCUT2D eigenvalue weighted by molar-refractivity contribution is -0.138. The summed E-state index contributed by atoms with van der Waals surface area (Å²) in [6, 6.07) is 22.1. The van der Waals surface area contributed by atoms with E-state index < -0.39 is 11.7 Å². The second-order valence-electron chi connectivity index (χ2n) is 10.2. The van der Waals surface area contributed by atoms with E-state index in [2.05, 4.69) is 24.3 Å². The molecule has 6 rings (SSSR count). The molecule has 3 nitrogen and oxygen atoms in total. The van der Waals surface area contributed by atoms with Gasteiger partial charge < -0.3 is 4.74 Å². The first-order valence-corrected chi connectivity index (χ1v) is 12.9. The van der Waals surface area contributed by atoms with Crippen molar-refractivity contribution in [3.63, 3.8) is 0 Å². The third-order valence-electron chi connectivity index (χ3n) is 8.00. The zero-order chi connectivity index (χ0) is 25.6. The minimum absolute atomic E-state index is 0.00838. The summed E-state index contributed by atoms with van der Waals surface area (Å²) in [6.45, 7) is 0.262. The Hall–Kier alpha value is -3.54. The standard InChI is InChI=1S/C31H28F3NO2/c32-31(33,34)29-15-6-1-8-21(29)16-20-17-22-9-7-10-23(18-20)35(22)30(36)37-19-28-26-13-4-2-11-24(26)25-12-3-5-14-27(25)28/h1-6,8,11-15,17,22-23,28H,7,9-10,16,18-19H2. The van der Waals surface area contributed by atoms with Gasteiger partial charge in [-0.1, -0.05) is 78.4 Å². The van der Waals surface area contributed by atoms with E-state index in [1.807, 2.05) is 35.2 Å². The van der Waals surface area contributed by atoms with Gasteiger partial charge in [-0.15, -0.1) is 0 Å². The van der Waals surface area contributed by atoms with Gasteiger partial charge in [0.15, 0.2) is 0 Å². The molecule has 1 amide bonds. The first-order valence-electron chi connectivity index (χ1n) is 12.9. The molecule has 0 saturated carbocycles. The van der Waals surface area contributed by atoms with E-state index >= 15 is 0 Å². The highest BCUT2D eigenvalue weighted by Crippen LogP contribution is 2.45. The number of ether oxygens (including phenoxy) is 1. The average molecular weight is 504 g/mol. The van der Waals surface area contributed by atoms with Crippen molar-refractivity contribution in [1.29, 1.82) is 0 Å². The van der Waals surface area contributed by atoms with Gasteiger partial charge in [0.2, 0.25) is 0 Å². The van der Waals surface area contributed by atoms with E-state index in [0.29, 0.717) is 6.42 Å². The van der Waals surface area contributed by atoms with E-state index in [1.165, 1.54) is 28.3 Å². The molecule has 1 aliphatic carbocycles. The summed E-state index contributed by atoms with van der Waals surface area (Å²) in [4.78, 5) is 15.2. The molecule has 0 aromatic heterocycles. The van der Waals surface area contributed by atoms with Gasteiger partial charge in [0.05, 0.1) is 11.6 Å². The summed E-state index contributed by atoms with van der Waals surface area (Å²) in [5, 5.41) is 0. The van der Waals surface area contributed by atoms with Gasteiger partial charge in [0, 0.05) is 12.0 Å². The number of rotatable bonds is 4. The predicted octanol–water partition coefficient (Wildman–Crippen LogP) is 7.75. The van der Waals surface area contributed by atoms with Crippen LogP contribution in [0.4, 0.5) is 18.0 Å². The number of benzene rings is 3. The topological polar surface area (TPSA) is 29.5 Å². The van der Waals surface area contributed by atoms with Crippen molar-refractivity contribution in [3.8, 4) is 11.1 Å². The molecule has 3 aromatic carbocycles. The number of carbonyl (C=O) groups is 1. The highest BCUT2D eigenvalue weighted by molar-refractivity contribution is 5.79. The highest BCUT2D eigenvalue weighted by Gasteiger charge is 2.40. The van der Waals surface area contributed by atoms with Crippen LogP contribution in [0.2, 0.25) is 0 Å². The number of nitrogens with zero attached hydrogens (tertiary/aromatic N) is 1. The van der Waals surface area contributed by atoms with Crippen LogP contribution in [0.25, 0.3) is 11.1 Å². The SMILES string of the molecule is O=C(OCC1c2ccccc2-c2ccccc21)N1C2C=C(Cc3ccccc3C(F)(F)F)CC1CCC2. The molecule has 2 heterocycles. The first kappa shape index (κ1) is 23.8. The maximum absolute atomic E-state index is 13.5. The normalized spacial score (nSPS) is 20.7. The number of alkyl halides is 3. The van der Waals surface area contributed by atoms with Crippen LogP contribution in [-0.2, 0) is 17.3 Å². The Morgan fingerprint density at radius 3 is 2.22 bits per heavy atom. The number of hydrogen-bond acceptors (Lipinski definition) is 2. The van der Waals surface area contributed by atoms with E-state index in [1.54, 1.807) is 12.1 Å². The van der Waals surface area contributed by atoms with Crippen LogP contribution in [0.1, 0.15) is 53.9 Å². The fourth-order valence-electron chi connectivity index (χ4n) is 6.40. The minimum Gasteiger partial charge on any atom is -0.448 e. The van der Waals surface area contributed by atoms with Gasteiger partial charge >= 0.3 is 12.3 Å². The van der Waals surface area contributed by atoms with Gasteiger partial charge in [-0.05, 0) is 66.0 Å². The number of hydrogen-bond donors (Lipinski definition) is 0. The third kappa shape index (κ3) is 4.43. The molecule has 2 unspecified atom stereocenters. The Balaban J connectivity index is 1.19. The van der Waals surface area contributed by atoms with E-state index in [0.717, 1.165) is 30.9 Å². The van der Waals surface area contributed by atoms with Gasteiger partial charge in [-0.3, -0.25) is 4.90 Å². The number of fused-ring (bicyclic) bond motifs is 5. The maximum atomic E-state index is 13.5. The summed E-state index contributed by atoms with van der Waals surface area (Å²) >= 11 is 0. The lowest BCUT2D eigenvalue weighted by Crippen LogP contribution is -2.52. The Labute approximate surface area is 214 Å². The second kappa shape index (κ2) is 9.40. The summed E-state index contributed by atoms with van der Waals surface area (Å²) in [5.41, 5.74) is 5.37. The first-order chi connectivity index (χ1) is 17.9. The molecular weight excluding hydrogens is 475 g/mol. The number of halogens is 3. The predicted molar refractivity (Wildman–Crippen MR) is 136 cm³/mol. The Morgan fingerprint density at radius 1 is 0.892 bits per heavy atom. The fraction of sp³-hybridized carbons (Fsp3) is 0.323. The summed E-state index contributed by atoms with van der Waals surface area (Å²) in [6.07, 6.45) is 0.741. The fourth-order valence-corrected chi connectivity index (χ4v) is 6.40. The van der Waals surface area contributed by atoms with Crippen LogP contribution in [-0.4, -0.2) is 29.7 Å². The Bertz CT molecular complexity index is 1320. The van der Waals surface area contributed by atoms with Crippen molar-refractivity contribution in [2.24, 2.45) is 0 Å². The molecule has 2 atom stereocenters. The molecule has 0 spiro atoms. The van der Waals surface area contributed by atoms with Crippen molar-refractivity contribution in [3.05, 3.63) is 107 Å². The summed E-state index contributed by atoms with van der Waals surface area (Å²) in [7, 11) is 0. The minimum atomic E-state index is -4.38. The van der Waals surface area contributed by atoms with Crippen LogP contribution in [0.5, 0.6) is 0 Å². The van der Waals surface area contributed by atoms with Crippen LogP contribution in [0.15, 0.2) is 84.4 Å². The smallest absolute Gasteiger partial charge is 0.416 e. The molecule has 6 heteroatoms. The zero-order valence-corrected chi connectivity index (χ0v) is 20.4. The van der Waals surface area contributed by atoms with Crippen molar-refractivity contribution in [2.45, 2.75) is 56.3 Å². The second-order valence-corrected chi connectivity index (χ2v) is 10.2. The summed E-state index contributed by atoms with van der Waals surface area (Å²) < 4.78 is 46.5. The molecule has 2 bridgehead atoms. The lowest BCUT2D eigenvalue weighted by Gasteiger charge is -2.44. The van der Waals surface area contributed by atoms with Gasteiger partial charge in [-0.2, -0.15) is 13.2 Å². The highest BCUT2D eigenvalue weighted by atomic mass is 19.4. The van der Waals surface area contributed by atoms with Gasteiger partial charge in [-0.25, -0.2) is 4.79 Å². The Morgan fingerprint density at radius 2 is 1.54 bits per heavy atom. The van der Waals surface area contributed by atoms with Crippen LogP contribution in [0, 0.1) is 0 Å². The van der Waals surface area contributed by atoms with E-state index in [4.69, 9.17) is 4.74 Å². The van der Waals surface area contributed by atoms with Gasteiger partial charge in [0.1, 0.15) is 6.61 Å². The zero-order valence-electron chi connectivity index (χ0n) is 20.4. The number of carbonyl (C=O) groups excluding carboxylic acids is 1. The molecule has 1 saturated heterocycles. The van der Waals surface area contributed by atoms with Gasteiger partial charge in [0.25, 0.3) is 0 Å². The molecule has 0 radical (unpaired) electrons. The molecule has 3 aromatic rings. The molecule has 0 N–H and O–H groups in total. The third-order valence-corrected chi connectivity index (χ3v) is 8.00. The monoisotopic (exact) mass is 503 g/mol.